The van der Waals surface area contributed by atoms with E-state index in [2.05, 4.69) is 51.0 Å². The molecule has 0 radical (unpaired) electrons. The number of thiol groups is 1. The minimum atomic E-state index is -1.17. The third-order valence-corrected chi connectivity index (χ3v) is 9.07. The van der Waals surface area contributed by atoms with Crippen molar-refractivity contribution in [2.75, 3.05) is 18.9 Å². The maximum Gasteiger partial charge on any atom is 0.407 e. The predicted molar refractivity (Wildman–Crippen MR) is 198 cm³/mol. The number of allylic oxidation sites excluding steroid dienone is 2. The van der Waals surface area contributed by atoms with E-state index in [9.17, 15) is 28.4 Å². The predicted octanol–water partition coefficient (Wildman–Crippen LogP) is 4.86. The molecule has 2 aliphatic rings. The van der Waals surface area contributed by atoms with Crippen molar-refractivity contribution in [2.24, 2.45) is 0 Å². The van der Waals surface area contributed by atoms with Crippen molar-refractivity contribution in [2.45, 2.75) is 63.6 Å². The van der Waals surface area contributed by atoms with Crippen molar-refractivity contribution < 1.29 is 37.8 Å². The van der Waals surface area contributed by atoms with Gasteiger partial charge in [0.05, 0.1) is 18.7 Å². The van der Waals surface area contributed by atoms with Gasteiger partial charge >= 0.3 is 12.1 Å². The van der Waals surface area contributed by atoms with E-state index in [1.807, 2.05) is 36.4 Å². The minimum Gasteiger partial charge on any atom is -0.456 e. The summed E-state index contributed by atoms with van der Waals surface area (Å²) in [6.07, 6.45) is 4.23. The van der Waals surface area contributed by atoms with Crippen molar-refractivity contribution >= 4 is 42.4 Å². The number of esters is 1. The number of hydrogen-bond donors (Lipinski definition) is 5. The van der Waals surface area contributed by atoms with Crippen molar-refractivity contribution in [1.29, 1.82) is 0 Å². The number of fused-ring (bicyclic) bond motifs is 5. The smallest absolute Gasteiger partial charge is 0.407 e. The summed E-state index contributed by atoms with van der Waals surface area (Å²) < 4.78 is 25.8. The molecule has 14 heteroatoms. The van der Waals surface area contributed by atoms with Gasteiger partial charge in [-0.05, 0) is 78.8 Å². The van der Waals surface area contributed by atoms with Crippen LogP contribution in [0.3, 0.4) is 0 Å². The molecule has 2 atom stereocenters. The fourth-order valence-electron chi connectivity index (χ4n) is 6.12. The molecule has 4 N–H and O–H groups in total. The zero-order valence-corrected chi connectivity index (χ0v) is 30.1. The molecular weight excluding hydrogens is 702 g/mol. The Balaban J connectivity index is 1.21. The molecule has 1 aromatic heterocycles. The second kappa shape index (κ2) is 18.8. The molecule has 5 rings (SSSR count). The Bertz CT molecular complexity index is 1860. The Morgan fingerprint density at radius 3 is 2.43 bits per heavy atom. The topological polar surface area (TPSA) is 165 Å². The molecule has 1 aliphatic heterocycles. The van der Waals surface area contributed by atoms with Crippen LogP contribution in [0.5, 0.6) is 0 Å². The number of nitrogens with one attached hydrogen (secondary N) is 4. The number of nitrogens with zero attached hydrogens (tertiary/aromatic N) is 1. The van der Waals surface area contributed by atoms with E-state index in [0.717, 1.165) is 34.4 Å². The van der Waals surface area contributed by atoms with Gasteiger partial charge in [0.25, 0.3) is 11.8 Å². The molecule has 4 amide bonds. The third-order valence-electron chi connectivity index (χ3n) is 8.81. The average Bonchev–Trinajstić information content (AvgIpc) is 3.48. The summed E-state index contributed by atoms with van der Waals surface area (Å²) in [5.74, 6) is -3.22. The number of carbonyl (C=O) groups is 5. The van der Waals surface area contributed by atoms with E-state index in [-0.39, 0.29) is 55.5 Å². The first-order valence-electron chi connectivity index (χ1n) is 17.5. The second-order valence-electron chi connectivity index (χ2n) is 12.5. The lowest BCUT2D eigenvalue weighted by Crippen LogP contribution is -2.46. The number of hydrogen-bond acceptors (Lipinski definition) is 9. The van der Waals surface area contributed by atoms with Crippen LogP contribution in [-0.2, 0) is 30.4 Å². The lowest BCUT2D eigenvalue weighted by molar-refractivity contribution is -0.152. The van der Waals surface area contributed by atoms with Gasteiger partial charge in [-0.3, -0.25) is 14.4 Å². The largest absolute Gasteiger partial charge is 0.456 e. The van der Waals surface area contributed by atoms with Gasteiger partial charge in [-0.25, -0.2) is 19.0 Å². The van der Waals surface area contributed by atoms with Gasteiger partial charge < -0.3 is 30.7 Å². The van der Waals surface area contributed by atoms with E-state index in [4.69, 9.17) is 9.47 Å². The van der Waals surface area contributed by atoms with Gasteiger partial charge in [0.1, 0.15) is 36.0 Å². The first-order chi connectivity index (χ1) is 25.7. The summed E-state index contributed by atoms with van der Waals surface area (Å²) in [6, 6.07) is 17.1. The molecule has 1 aliphatic carbocycles. The molecule has 0 saturated carbocycles. The molecular formula is C39H42FN5O7S. The highest BCUT2D eigenvalue weighted by molar-refractivity contribution is 7.80. The molecule has 2 heterocycles. The molecule has 53 heavy (non-hydrogen) atoms. The maximum atomic E-state index is 14.5. The lowest BCUT2D eigenvalue weighted by Gasteiger charge is -2.22. The highest BCUT2D eigenvalue weighted by atomic mass is 32.1. The monoisotopic (exact) mass is 743 g/mol. The minimum absolute atomic E-state index is 0.0784. The number of cyclic esters (lactones) is 1. The number of amides is 4. The standard InChI is InChI=1S/C39H42FN5O7S/c1-2-31-36(47)45-33(16-7-9-19-41-39(50)51-23-29-27-14-5-3-12-25(27)26-13-4-6-15-28(26)29)38(49)52-24(11-8-10-20-53)21-35(46)42-22-34-30(40)17-18-32(43-34)37(48)44-31/h2-6,8,11-15,17-18,24,29,33,53H,7,9-10,16,19-23H2,1H3,(H,41,50)(H,42,46)(H,44,48)(H,45,47)/b11-8+,31-2-/t24-,33+/m1/s1. The molecule has 0 unspecified atom stereocenters. The van der Waals surface area contributed by atoms with Gasteiger partial charge in [-0.1, -0.05) is 60.7 Å². The quantitative estimate of drug-likeness (QED) is 0.0647. The lowest BCUT2D eigenvalue weighted by atomic mass is 9.98. The second-order valence-corrected chi connectivity index (χ2v) is 12.9. The number of ether oxygens (including phenoxy) is 2. The number of halogens is 1. The summed E-state index contributed by atoms with van der Waals surface area (Å²) in [7, 11) is 0. The number of rotatable bonds is 10. The summed E-state index contributed by atoms with van der Waals surface area (Å²) in [5, 5.41) is 10.4. The Morgan fingerprint density at radius 2 is 1.74 bits per heavy atom. The number of alkyl carbamates (subject to hydrolysis) is 1. The Labute approximate surface area is 312 Å². The summed E-state index contributed by atoms with van der Waals surface area (Å²) in [4.78, 5) is 69.3. The first-order valence-corrected chi connectivity index (χ1v) is 18.1. The van der Waals surface area contributed by atoms with Gasteiger partial charge in [0, 0.05) is 12.5 Å². The number of carbonyl (C=O) groups excluding carboxylic acids is 5. The highest BCUT2D eigenvalue weighted by Gasteiger charge is 2.30. The van der Waals surface area contributed by atoms with E-state index in [0.29, 0.717) is 25.0 Å². The van der Waals surface area contributed by atoms with Crippen LogP contribution in [0.1, 0.15) is 72.3 Å². The van der Waals surface area contributed by atoms with E-state index in [1.165, 1.54) is 13.0 Å². The zero-order valence-electron chi connectivity index (χ0n) is 29.2. The fourth-order valence-corrected chi connectivity index (χ4v) is 6.27. The van der Waals surface area contributed by atoms with Crippen LogP contribution in [0.25, 0.3) is 11.1 Å². The van der Waals surface area contributed by atoms with Crippen molar-refractivity contribution in [3.63, 3.8) is 0 Å². The Hall–Kier alpha value is -5.50. The van der Waals surface area contributed by atoms with Crippen LogP contribution < -0.4 is 21.3 Å². The summed E-state index contributed by atoms with van der Waals surface area (Å²) >= 11 is 4.19. The van der Waals surface area contributed by atoms with Crippen LogP contribution >= 0.6 is 12.6 Å². The third kappa shape index (κ3) is 10.3. The molecule has 0 saturated heterocycles. The summed E-state index contributed by atoms with van der Waals surface area (Å²) in [5.41, 5.74) is 3.94. The SMILES string of the molecule is C/C=C1\NC(=O)c2ccc(F)c(n2)CNC(=O)C[C@@H](/C=C/CCS)OC(=O)[C@H](CCCCNC(=O)OCC2c3ccccc3-c3ccccc32)NC1=O. The summed E-state index contributed by atoms with van der Waals surface area (Å²) in [6.45, 7) is 1.61. The van der Waals surface area contributed by atoms with Gasteiger partial charge in [-0.15, -0.1) is 0 Å². The van der Waals surface area contributed by atoms with Crippen LogP contribution in [0.15, 0.2) is 84.6 Å². The highest BCUT2D eigenvalue weighted by Crippen LogP contribution is 2.44. The van der Waals surface area contributed by atoms with Crippen LogP contribution in [0.2, 0.25) is 0 Å². The molecule has 278 valence electrons. The molecule has 12 nitrogen and oxygen atoms in total. The number of aromatic nitrogens is 1. The average molecular weight is 744 g/mol. The van der Waals surface area contributed by atoms with Gasteiger partial charge in [-0.2, -0.15) is 12.6 Å². The number of pyridine rings is 1. The maximum absolute atomic E-state index is 14.5. The Kier molecular flexibility index (Phi) is 13.8. The van der Waals surface area contributed by atoms with Crippen LogP contribution in [0, 0.1) is 5.82 Å². The van der Waals surface area contributed by atoms with Crippen LogP contribution in [-0.4, -0.2) is 65.8 Å². The zero-order chi connectivity index (χ0) is 37.7. The van der Waals surface area contributed by atoms with Gasteiger partial charge in [0.2, 0.25) is 5.91 Å². The van der Waals surface area contributed by atoms with E-state index >= 15 is 0 Å². The van der Waals surface area contributed by atoms with Gasteiger partial charge in [0.15, 0.2) is 0 Å². The Morgan fingerprint density at radius 1 is 1.02 bits per heavy atom. The fraction of sp³-hybridized carbons (Fsp3) is 0.333. The molecule has 3 aromatic rings. The van der Waals surface area contributed by atoms with Crippen LogP contribution in [0.4, 0.5) is 9.18 Å². The molecule has 0 fully saturated rings. The van der Waals surface area contributed by atoms with Crippen molar-refractivity contribution in [1.82, 2.24) is 26.3 Å². The van der Waals surface area contributed by atoms with E-state index in [1.54, 1.807) is 12.2 Å². The van der Waals surface area contributed by atoms with Crippen molar-refractivity contribution in [3.8, 4) is 11.1 Å². The molecule has 2 bridgehead atoms. The number of benzene rings is 2. The number of unbranched alkanes of at least 4 members (excludes halogenated alkanes) is 1. The normalized spacial score (nSPS) is 18.8. The molecule has 0 spiro atoms. The molecule has 2 aromatic carbocycles. The van der Waals surface area contributed by atoms with E-state index < -0.39 is 47.7 Å². The van der Waals surface area contributed by atoms with Crippen molar-refractivity contribution in [3.05, 3.63) is 113 Å². The first kappa shape index (κ1) is 38.7.